The first-order valence-electron chi connectivity index (χ1n) is 12.8. The van der Waals surface area contributed by atoms with Crippen molar-refractivity contribution in [2.75, 3.05) is 6.54 Å². The molecule has 0 fully saturated rings. The first-order valence-corrected chi connectivity index (χ1v) is 12.8. The summed E-state index contributed by atoms with van der Waals surface area (Å²) in [5.41, 5.74) is 13.8. The summed E-state index contributed by atoms with van der Waals surface area (Å²) in [6.07, 6.45) is 2.33. The first-order chi connectivity index (χ1) is 18.2. The fourth-order valence-electron chi connectivity index (χ4n) is 4.55. The molecule has 38 heavy (non-hydrogen) atoms. The number of rotatable bonds is 14. The lowest BCUT2D eigenvalue weighted by molar-refractivity contribution is -0.136. The van der Waals surface area contributed by atoms with Crippen LogP contribution in [0.5, 0.6) is 5.75 Å². The molecule has 0 aliphatic heterocycles. The number of hydrogen-bond donors (Lipinski definition) is 6. The number of aryl methyl sites for hydroxylation is 2. The van der Waals surface area contributed by atoms with Gasteiger partial charge in [-0.2, -0.15) is 0 Å². The second-order valence-electron chi connectivity index (χ2n) is 9.57. The van der Waals surface area contributed by atoms with Crippen LogP contribution in [0, 0.1) is 11.3 Å². The van der Waals surface area contributed by atoms with Gasteiger partial charge in [-0.15, -0.1) is 0 Å². The van der Waals surface area contributed by atoms with Crippen LogP contribution in [-0.4, -0.2) is 34.8 Å². The summed E-state index contributed by atoms with van der Waals surface area (Å²) in [5.74, 6) is -1.40. The normalized spacial score (nSPS) is 13.3. The molecule has 0 spiro atoms. The number of amides is 2. The summed E-state index contributed by atoms with van der Waals surface area (Å²) >= 11 is 0. The van der Waals surface area contributed by atoms with Gasteiger partial charge in [0, 0.05) is 12.1 Å². The zero-order valence-corrected chi connectivity index (χ0v) is 21.7. The van der Waals surface area contributed by atoms with E-state index in [2.05, 4.69) is 10.6 Å². The van der Waals surface area contributed by atoms with Crippen molar-refractivity contribution >= 4 is 17.6 Å². The molecule has 0 heterocycles. The van der Waals surface area contributed by atoms with Crippen molar-refractivity contribution in [1.82, 2.24) is 10.6 Å². The molecule has 0 aliphatic carbocycles. The predicted octanol–water partition coefficient (Wildman–Crippen LogP) is 3.01. The number of benzene rings is 3. The lowest BCUT2D eigenvalue weighted by atomic mass is 9.78. The van der Waals surface area contributed by atoms with Gasteiger partial charge in [-0.05, 0) is 61.1 Å². The van der Waals surface area contributed by atoms with Gasteiger partial charge in [0.25, 0.3) is 0 Å². The van der Waals surface area contributed by atoms with Crippen molar-refractivity contribution < 1.29 is 14.7 Å². The second-order valence-corrected chi connectivity index (χ2v) is 9.57. The minimum Gasteiger partial charge on any atom is -0.508 e. The quantitative estimate of drug-likeness (QED) is 0.111. The van der Waals surface area contributed by atoms with Gasteiger partial charge in [0.15, 0.2) is 0 Å². The van der Waals surface area contributed by atoms with Crippen LogP contribution in [0.1, 0.15) is 42.0 Å². The van der Waals surface area contributed by atoms with E-state index in [0.29, 0.717) is 37.8 Å². The van der Waals surface area contributed by atoms with Crippen LogP contribution in [0.3, 0.4) is 0 Å². The highest BCUT2D eigenvalue weighted by Crippen LogP contribution is 2.25. The summed E-state index contributed by atoms with van der Waals surface area (Å²) in [4.78, 5) is 26.3. The predicted molar refractivity (Wildman–Crippen MR) is 150 cm³/mol. The average molecular weight is 516 g/mol. The van der Waals surface area contributed by atoms with Crippen molar-refractivity contribution in [2.45, 2.75) is 44.7 Å². The van der Waals surface area contributed by atoms with Crippen molar-refractivity contribution in [2.24, 2.45) is 17.4 Å². The molecule has 0 saturated carbocycles. The highest BCUT2D eigenvalue weighted by atomic mass is 16.3. The molecule has 3 rings (SSSR count). The molecule has 8 nitrogen and oxygen atoms in total. The molecule has 200 valence electrons. The van der Waals surface area contributed by atoms with E-state index in [4.69, 9.17) is 16.9 Å². The number of phenols is 1. The number of carbonyl (C=O) groups excluding carboxylic acids is 2. The minimum absolute atomic E-state index is 0.0194. The number of amidine groups is 1. The van der Waals surface area contributed by atoms with Crippen molar-refractivity contribution in [3.63, 3.8) is 0 Å². The van der Waals surface area contributed by atoms with Crippen LogP contribution in [0.25, 0.3) is 0 Å². The van der Waals surface area contributed by atoms with Crippen LogP contribution >= 0.6 is 0 Å². The maximum atomic E-state index is 13.3. The highest BCUT2D eigenvalue weighted by Gasteiger charge is 2.44. The number of primary amides is 1. The largest absolute Gasteiger partial charge is 0.508 e. The first kappa shape index (κ1) is 28.4. The van der Waals surface area contributed by atoms with Crippen LogP contribution in [0.15, 0.2) is 78.9 Å². The molecule has 8 heteroatoms. The van der Waals surface area contributed by atoms with Crippen LogP contribution in [0.2, 0.25) is 0 Å². The van der Waals surface area contributed by atoms with E-state index in [1.54, 1.807) is 49.4 Å². The number of nitrogen functional groups attached to an aromatic ring is 1. The van der Waals surface area contributed by atoms with E-state index in [1.807, 2.05) is 36.4 Å². The van der Waals surface area contributed by atoms with E-state index < -0.39 is 17.4 Å². The maximum absolute atomic E-state index is 13.3. The Morgan fingerprint density at radius 2 is 1.61 bits per heavy atom. The number of nitrogens with two attached hydrogens (primary N) is 2. The molecule has 3 aromatic rings. The highest BCUT2D eigenvalue weighted by molar-refractivity contribution is 5.95. The molecule has 2 amide bonds. The van der Waals surface area contributed by atoms with E-state index in [-0.39, 0.29) is 24.0 Å². The van der Waals surface area contributed by atoms with Gasteiger partial charge in [-0.1, -0.05) is 73.7 Å². The Morgan fingerprint density at radius 1 is 0.921 bits per heavy atom. The molecule has 3 aromatic carbocycles. The lowest BCUT2D eigenvalue weighted by Crippen LogP contribution is -2.63. The van der Waals surface area contributed by atoms with Gasteiger partial charge in [0.05, 0.1) is 5.92 Å². The third-order valence-corrected chi connectivity index (χ3v) is 6.95. The summed E-state index contributed by atoms with van der Waals surface area (Å²) in [6.45, 7) is 2.47. The summed E-state index contributed by atoms with van der Waals surface area (Å²) in [5, 5.41) is 23.5. The van der Waals surface area contributed by atoms with Gasteiger partial charge >= 0.3 is 0 Å². The molecule has 0 aliphatic rings. The molecule has 0 saturated heterocycles. The summed E-state index contributed by atoms with van der Waals surface area (Å²) in [6, 6.07) is 23.9. The van der Waals surface area contributed by atoms with E-state index in [0.717, 1.165) is 16.7 Å². The van der Waals surface area contributed by atoms with Crippen LogP contribution < -0.4 is 22.1 Å². The Kier molecular flexibility index (Phi) is 10.0. The van der Waals surface area contributed by atoms with Crippen LogP contribution in [0.4, 0.5) is 0 Å². The Labute approximate surface area is 224 Å². The number of phenolic OH excluding ortho intramolecular Hbond substituents is 1. The zero-order chi connectivity index (χ0) is 27.5. The Morgan fingerprint density at radius 3 is 2.24 bits per heavy atom. The minimum atomic E-state index is -1.25. The Balaban J connectivity index is 1.72. The van der Waals surface area contributed by atoms with Gasteiger partial charge in [0.1, 0.15) is 17.1 Å². The smallest absolute Gasteiger partial charge is 0.238 e. The summed E-state index contributed by atoms with van der Waals surface area (Å²) in [7, 11) is 0. The third kappa shape index (κ3) is 7.66. The van der Waals surface area contributed by atoms with Gasteiger partial charge in [0.2, 0.25) is 11.8 Å². The molecule has 0 bridgehead atoms. The number of aromatic hydroxyl groups is 1. The molecule has 0 aromatic heterocycles. The van der Waals surface area contributed by atoms with E-state index in [1.165, 1.54) is 0 Å². The standard InChI is InChI=1S/C30H37N5O3/c1-21(28(37)34-20-24-12-14-25(15-13-24)27(31)32)30(29(33)38,17-16-22-7-3-2-4-8-22)35-18-6-10-23-9-5-11-26(36)19-23/h2-5,7-9,11-15,19,21,35-36H,6,10,16-18,20H2,1H3,(H3,31,32)(H2,33,38)(H,34,37)/t21-,30?/m1/s1. The third-order valence-electron chi connectivity index (χ3n) is 6.95. The van der Waals surface area contributed by atoms with Crippen molar-refractivity contribution in [1.29, 1.82) is 5.41 Å². The van der Waals surface area contributed by atoms with Gasteiger partial charge in [-0.25, -0.2) is 0 Å². The molecular weight excluding hydrogens is 478 g/mol. The average Bonchev–Trinajstić information content (AvgIpc) is 2.91. The topological polar surface area (TPSA) is 154 Å². The summed E-state index contributed by atoms with van der Waals surface area (Å²) < 4.78 is 0. The second kappa shape index (κ2) is 13.4. The Hall–Kier alpha value is -4.17. The molecule has 0 radical (unpaired) electrons. The molecular formula is C30H37N5O3. The monoisotopic (exact) mass is 515 g/mol. The van der Waals surface area contributed by atoms with Crippen LogP contribution in [-0.2, 0) is 29.0 Å². The van der Waals surface area contributed by atoms with Crippen molar-refractivity contribution in [3.8, 4) is 5.75 Å². The van der Waals surface area contributed by atoms with Gasteiger partial charge < -0.3 is 27.2 Å². The van der Waals surface area contributed by atoms with Crippen molar-refractivity contribution in [3.05, 3.63) is 101 Å². The fourth-order valence-corrected chi connectivity index (χ4v) is 4.55. The van der Waals surface area contributed by atoms with Gasteiger partial charge in [-0.3, -0.25) is 15.0 Å². The molecule has 8 N–H and O–H groups in total. The SMILES string of the molecule is C[C@H](C(=O)NCc1ccc(C(=N)N)cc1)C(CCc1ccccc1)(NCCCc1cccc(O)c1)C(N)=O. The maximum Gasteiger partial charge on any atom is 0.238 e. The fraction of sp³-hybridized carbons (Fsp3) is 0.300. The Bertz CT molecular complexity index is 1230. The molecule has 1 unspecified atom stereocenters. The molecule has 2 atom stereocenters. The van der Waals surface area contributed by atoms with E-state index in [9.17, 15) is 14.7 Å². The zero-order valence-electron chi connectivity index (χ0n) is 21.7. The number of hydrogen-bond acceptors (Lipinski definition) is 5. The number of nitrogens with one attached hydrogen (secondary N) is 3. The van der Waals surface area contributed by atoms with E-state index >= 15 is 0 Å². The lowest BCUT2D eigenvalue weighted by Gasteiger charge is -2.37. The number of carbonyl (C=O) groups is 2.